The number of carbonyl (C=O) groups excluding carboxylic acids is 1. The van der Waals surface area contributed by atoms with Crippen molar-refractivity contribution >= 4 is 45.9 Å². The van der Waals surface area contributed by atoms with Gasteiger partial charge in [-0.25, -0.2) is 12.7 Å². The number of guanidine groups is 1. The molecule has 0 aromatic heterocycles. The van der Waals surface area contributed by atoms with Gasteiger partial charge < -0.3 is 15.1 Å². The molecule has 0 unspecified atom stereocenters. The van der Waals surface area contributed by atoms with Crippen molar-refractivity contribution in [2.24, 2.45) is 4.99 Å². The van der Waals surface area contributed by atoms with E-state index in [9.17, 15) is 13.2 Å². The first kappa shape index (κ1) is 21.4. The van der Waals surface area contributed by atoms with Crippen LogP contribution in [-0.2, 0) is 14.8 Å². The summed E-state index contributed by atoms with van der Waals surface area (Å²) in [5.41, 5.74) is 0. The summed E-state index contributed by atoms with van der Waals surface area (Å²) in [5.74, 6) is 1.15. The smallest absolute Gasteiger partial charge is 0.219 e. The van der Waals surface area contributed by atoms with Gasteiger partial charge in [-0.15, -0.1) is 24.0 Å². The number of aliphatic imine (C=N–C) groups is 1. The van der Waals surface area contributed by atoms with Crippen molar-refractivity contribution in [1.29, 1.82) is 0 Å². The maximum Gasteiger partial charge on any atom is 0.219 e. The van der Waals surface area contributed by atoms with Crippen LogP contribution in [0.5, 0.6) is 0 Å². The summed E-state index contributed by atoms with van der Waals surface area (Å²) in [6, 6.07) is 0. The highest BCUT2D eigenvalue weighted by atomic mass is 127. The number of sulfonamides is 1. The molecule has 2 aliphatic heterocycles. The molecule has 2 saturated heterocycles. The average Bonchev–Trinajstić information content (AvgIpc) is 2.85. The van der Waals surface area contributed by atoms with E-state index < -0.39 is 10.0 Å². The van der Waals surface area contributed by atoms with Crippen LogP contribution in [0.25, 0.3) is 0 Å². The third-order valence-corrected chi connectivity index (χ3v) is 6.13. The second-order valence-corrected chi connectivity index (χ2v) is 7.89. The predicted molar refractivity (Wildman–Crippen MR) is 105 cm³/mol. The third kappa shape index (κ3) is 5.73. The first-order valence-electron chi connectivity index (χ1n) is 8.20. The van der Waals surface area contributed by atoms with Gasteiger partial charge in [0, 0.05) is 52.7 Å². The van der Waals surface area contributed by atoms with E-state index in [0.717, 1.165) is 25.6 Å². The van der Waals surface area contributed by atoms with Crippen molar-refractivity contribution in [3.05, 3.63) is 0 Å². The Bertz CT molecular complexity index is 547. The molecule has 0 radical (unpaired) electrons. The van der Waals surface area contributed by atoms with E-state index in [2.05, 4.69) is 15.2 Å². The molecule has 0 spiro atoms. The number of halogens is 1. The molecule has 0 aromatic rings. The number of carbonyl (C=O) groups is 1. The zero-order valence-electron chi connectivity index (χ0n) is 14.4. The van der Waals surface area contributed by atoms with Crippen LogP contribution in [0.1, 0.15) is 20.3 Å². The van der Waals surface area contributed by atoms with Gasteiger partial charge in [0.2, 0.25) is 15.9 Å². The van der Waals surface area contributed by atoms with Gasteiger partial charge in [-0.1, -0.05) is 0 Å². The van der Waals surface area contributed by atoms with Crippen LogP contribution in [-0.4, -0.2) is 92.5 Å². The van der Waals surface area contributed by atoms with E-state index in [4.69, 9.17) is 0 Å². The summed E-state index contributed by atoms with van der Waals surface area (Å²) in [6.07, 6.45) is 0.707. The Kier molecular flexibility index (Phi) is 8.71. The molecule has 0 bridgehead atoms. The molecule has 10 heteroatoms. The number of hydrogen-bond donors (Lipinski definition) is 1. The highest BCUT2D eigenvalue weighted by Crippen LogP contribution is 2.12. The van der Waals surface area contributed by atoms with Crippen LogP contribution < -0.4 is 5.32 Å². The second kappa shape index (κ2) is 9.76. The summed E-state index contributed by atoms with van der Waals surface area (Å²) in [5, 5.41) is 3.25. The Morgan fingerprint density at radius 2 is 1.75 bits per heavy atom. The molecule has 2 rings (SSSR count). The van der Waals surface area contributed by atoms with Crippen molar-refractivity contribution in [1.82, 2.24) is 19.4 Å². The van der Waals surface area contributed by atoms with Gasteiger partial charge in [-0.3, -0.25) is 9.79 Å². The van der Waals surface area contributed by atoms with Crippen LogP contribution in [0.2, 0.25) is 0 Å². The second-order valence-electron chi connectivity index (χ2n) is 5.80. The minimum Gasteiger partial charge on any atom is -0.357 e. The van der Waals surface area contributed by atoms with Crippen LogP contribution in [0.15, 0.2) is 4.99 Å². The van der Waals surface area contributed by atoms with E-state index in [-0.39, 0.29) is 35.6 Å². The molecule has 1 amide bonds. The molecule has 140 valence electrons. The minimum absolute atomic E-state index is 0. The quantitative estimate of drug-likeness (QED) is 0.347. The number of rotatable bonds is 4. The lowest BCUT2D eigenvalue weighted by Gasteiger charge is -2.36. The minimum atomic E-state index is -3.05. The summed E-state index contributed by atoms with van der Waals surface area (Å²) < 4.78 is 25.1. The molecule has 24 heavy (non-hydrogen) atoms. The average molecular weight is 473 g/mol. The SMILES string of the molecule is CCNC(=NCCN1CCCS1(=O)=O)N1CCN(C(C)=O)CC1.I. The normalized spacial score (nSPS) is 21.5. The molecule has 0 aliphatic carbocycles. The molecule has 0 aromatic carbocycles. The Hall–Kier alpha value is -0.620. The molecule has 2 fully saturated rings. The van der Waals surface area contributed by atoms with E-state index >= 15 is 0 Å². The van der Waals surface area contributed by atoms with Crippen molar-refractivity contribution in [3.63, 3.8) is 0 Å². The van der Waals surface area contributed by atoms with Crippen LogP contribution in [0.3, 0.4) is 0 Å². The van der Waals surface area contributed by atoms with Gasteiger partial charge in [-0.2, -0.15) is 0 Å². The fraction of sp³-hybridized carbons (Fsp3) is 0.857. The predicted octanol–water partition coefficient (Wildman–Crippen LogP) is -0.230. The highest BCUT2D eigenvalue weighted by molar-refractivity contribution is 14.0. The molecule has 0 saturated carbocycles. The van der Waals surface area contributed by atoms with Crippen molar-refractivity contribution < 1.29 is 13.2 Å². The van der Waals surface area contributed by atoms with Crippen LogP contribution in [0.4, 0.5) is 0 Å². The lowest BCUT2D eigenvalue weighted by atomic mass is 10.3. The molecule has 2 heterocycles. The summed E-state index contributed by atoms with van der Waals surface area (Å²) in [7, 11) is -3.05. The van der Waals surface area contributed by atoms with E-state index in [0.29, 0.717) is 39.1 Å². The van der Waals surface area contributed by atoms with Gasteiger partial charge in [0.1, 0.15) is 0 Å². The summed E-state index contributed by atoms with van der Waals surface area (Å²) in [6.45, 7) is 8.72. The van der Waals surface area contributed by atoms with E-state index in [1.807, 2.05) is 11.8 Å². The summed E-state index contributed by atoms with van der Waals surface area (Å²) >= 11 is 0. The van der Waals surface area contributed by atoms with Gasteiger partial charge in [0.15, 0.2) is 5.96 Å². The third-order valence-electron chi connectivity index (χ3n) is 4.17. The van der Waals surface area contributed by atoms with Crippen molar-refractivity contribution in [3.8, 4) is 0 Å². The maximum atomic E-state index is 11.8. The lowest BCUT2D eigenvalue weighted by Crippen LogP contribution is -2.53. The van der Waals surface area contributed by atoms with Gasteiger partial charge >= 0.3 is 0 Å². The lowest BCUT2D eigenvalue weighted by molar-refractivity contribution is -0.130. The number of hydrogen-bond acceptors (Lipinski definition) is 4. The molecule has 0 atom stereocenters. The van der Waals surface area contributed by atoms with Gasteiger partial charge in [-0.05, 0) is 13.3 Å². The number of piperazine rings is 1. The fourth-order valence-electron chi connectivity index (χ4n) is 2.87. The highest BCUT2D eigenvalue weighted by Gasteiger charge is 2.27. The number of nitrogens with one attached hydrogen (secondary N) is 1. The van der Waals surface area contributed by atoms with E-state index in [1.54, 1.807) is 6.92 Å². The Morgan fingerprint density at radius 3 is 2.25 bits per heavy atom. The Balaban J connectivity index is 0.00000288. The fourth-order valence-corrected chi connectivity index (χ4v) is 4.39. The Labute approximate surface area is 161 Å². The molecule has 8 nitrogen and oxygen atoms in total. The summed E-state index contributed by atoms with van der Waals surface area (Å²) in [4.78, 5) is 19.9. The zero-order valence-corrected chi connectivity index (χ0v) is 17.5. The zero-order chi connectivity index (χ0) is 16.9. The van der Waals surface area contributed by atoms with Crippen LogP contribution in [0, 0.1) is 0 Å². The molecular formula is C14H28IN5O3S. The standard InChI is InChI=1S/C14H27N5O3S.HI/c1-3-15-14(18-10-8-17(9-11-18)13(2)20)16-5-7-19-6-4-12-23(19,21)22;/h3-12H2,1-2H3,(H,15,16);1H. The first-order valence-corrected chi connectivity index (χ1v) is 9.81. The Morgan fingerprint density at radius 1 is 1.12 bits per heavy atom. The van der Waals surface area contributed by atoms with Gasteiger partial charge in [0.05, 0.1) is 12.3 Å². The number of nitrogens with zero attached hydrogens (tertiary/aromatic N) is 4. The monoisotopic (exact) mass is 473 g/mol. The maximum absolute atomic E-state index is 11.8. The largest absolute Gasteiger partial charge is 0.357 e. The van der Waals surface area contributed by atoms with Crippen molar-refractivity contribution in [2.75, 3.05) is 58.1 Å². The van der Waals surface area contributed by atoms with Crippen LogP contribution >= 0.6 is 24.0 Å². The van der Waals surface area contributed by atoms with Gasteiger partial charge in [0.25, 0.3) is 0 Å². The topological polar surface area (TPSA) is 85.3 Å². The molecule has 2 aliphatic rings. The van der Waals surface area contributed by atoms with E-state index in [1.165, 1.54) is 4.31 Å². The first-order chi connectivity index (χ1) is 10.9. The molecular weight excluding hydrogens is 445 g/mol. The van der Waals surface area contributed by atoms with Crippen molar-refractivity contribution in [2.45, 2.75) is 20.3 Å². The number of amides is 1. The molecule has 1 N–H and O–H groups in total.